The van der Waals surface area contributed by atoms with E-state index in [4.69, 9.17) is 29.5 Å². The van der Waals surface area contributed by atoms with Crippen LogP contribution in [0.2, 0.25) is 0 Å². The normalized spacial score (nSPS) is 16.1. The Morgan fingerprint density at radius 1 is 0.700 bits per heavy atom. The topological polar surface area (TPSA) is 84.5 Å². The van der Waals surface area contributed by atoms with Gasteiger partial charge in [0.25, 0.3) is 0 Å². The summed E-state index contributed by atoms with van der Waals surface area (Å²) in [6.07, 6.45) is 0. The molecule has 1 aliphatic rings. The zero-order chi connectivity index (χ0) is 14.2. The van der Waals surface area contributed by atoms with Crippen LogP contribution < -0.4 is 9.47 Å². The first-order valence-corrected chi connectivity index (χ1v) is 6.24. The molecule has 1 heterocycles. The van der Waals surface area contributed by atoms with Crippen molar-refractivity contribution in [2.45, 2.75) is 0 Å². The lowest BCUT2D eigenvalue weighted by Gasteiger charge is -2.15. The summed E-state index contributed by atoms with van der Waals surface area (Å²) < 4.78 is 21.7. The summed E-state index contributed by atoms with van der Waals surface area (Å²) >= 11 is 0. The highest BCUT2D eigenvalue weighted by Gasteiger charge is 2.13. The second-order valence-electron chi connectivity index (χ2n) is 3.99. The van der Waals surface area contributed by atoms with Crippen LogP contribution >= 0.6 is 0 Å². The van der Waals surface area contributed by atoms with Gasteiger partial charge in [-0.05, 0) is 0 Å². The van der Waals surface area contributed by atoms with E-state index < -0.39 is 0 Å². The average Bonchev–Trinajstić information content (AvgIpc) is 2.47. The van der Waals surface area contributed by atoms with Crippen LogP contribution in [0.3, 0.4) is 0 Å². The van der Waals surface area contributed by atoms with E-state index in [0.29, 0.717) is 51.1 Å². The Morgan fingerprint density at radius 2 is 1.10 bits per heavy atom. The maximum absolute atomic E-state index is 9.02. The number of rotatable bonds is 0. The van der Waals surface area contributed by atoms with Gasteiger partial charge in [-0.1, -0.05) is 0 Å². The molecule has 6 nitrogen and oxygen atoms in total. The van der Waals surface area contributed by atoms with E-state index in [9.17, 15) is 0 Å². The summed E-state index contributed by atoms with van der Waals surface area (Å²) in [6.45, 7) is 2.54. The highest BCUT2D eigenvalue weighted by molar-refractivity contribution is 5.56. The van der Waals surface area contributed by atoms with Crippen LogP contribution in [0.25, 0.3) is 0 Å². The largest absolute Gasteiger partial charge is 0.487 e. The van der Waals surface area contributed by atoms with E-state index in [0.717, 1.165) is 0 Å². The molecule has 0 amide bonds. The van der Waals surface area contributed by atoms with Gasteiger partial charge >= 0.3 is 0 Å². The standard InChI is InChI=1S/C14H14N2O4/c15-9-11-7-13-14(8-12(11)10-16)20-6-4-18-2-1-17-3-5-19-13/h7-8H,1-6H2. The van der Waals surface area contributed by atoms with E-state index in [2.05, 4.69) is 0 Å². The molecule has 20 heavy (non-hydrogen) atoms. The number of nitrogens with zero attached hydrogens (tertiary/aromatic N) is 2. The third-order valence-corrected chi connectivity index (χ3v) is 2.67. The van der Waals surface area contributed by atoms with Gasteiger partial charge in [-0.3, -0.25) is 0 Å². The molecule has 1 aliphatic heterocycles. The first kappa shape index (κ1) is 14.1. The van der Waals surface area contributed by atoms with Crippen LogP contribution in [0.4, 0.5) is 0 Å². The summed E-state index contributed by atoms with van der Waals surface area (Å²) in [5, 5.41) is 18.0. The fourth-order valence-electron chi connectivity index (χ4n) is 1.71. The first-order chi connectivity index (χ1) is 9.85. The maximum atomic E-state index is 9.02. The number of hydrogen-bond donors (Lipinski definition) is 0. The predicted octanol–water partition coefficient (Wildman–Crippen LogP) is 1.23. The lowest BCUT2D eigenvalue weighted by Crippen LogP contribution is -2.16. The molecule has 0 spiro atoms. The average molecular weight is 274 g/mol. The van der Waals surface area contributed by atoms with Gasteiger partial charge in [-0.15, -0.1) is 0 Å². The van der Waals surface area contributed by atoms with Crippen LogP contribution in [0.1, 0.15) is 11.1 Å². The Kier molecular flexibility index (Phi) is 5.19. The van der Waals surface area contributed by atoms with Crippen LogP contribution in [-0.2, 0) is 9.47 Å². The molecule has 0 aromatic heterocycles. The van der Waals surface area contributed by atoms with Crippen molar-refractivity contribution < 1.29 is 18.9 Å². The van der Waals surface area contributed by atoms with Gasteiger partial charge in [0.1, 0.15) is 25.4 Å². The highest BCUT2D eigenvalue weighted by Crippen LogP contribution is 2.30. The lowest BCUT2D eigenvalue weighted by atomic mass is 10.1. The molecule has 0 unspecified atom stereocenters. The van der Waals surface area contributed by atoms with Crippen molar-refractivity contribution in [1.29, 1.82) is 10.5 Å². The number of benzene rings is 1. The van der Waals surface area contributed by atoms with E-state index >= 15 is 0 Å². The SMILES string of the molecule is N#Cc1cc2c(cc1C#N)OCCOCCOCCO2. The van der Waals surface area contributed by atoms with E-state index in [1.807, 2.05) is 12.1 Å². The lowest BCUT2D eigenvalue weighted by molar-refractivity contribution is 0.0223. The second kappa shape index (κ2) is 7.34. The summed E-state index contributed by atoms with van der Waals surface area (Å²) in [6, 6.07) is 6.97. The molecule has 0 bridgehead atoms. The number of nitriles is 2. The summed E-state index contributed by atoms with van der Waals surface area (Å²) in [4.78, 5) is 0. The smallest absolute Gasteiger partial charge is 0.162 e. The Hall–Kier alpha value is -2.28. The van der Waals surface area contributed by atoms with Gasteiger partial charge in [0.05, 0.1) is 37.6 Å². The van der Waals surface area contributed by atoms with Crippen molar-refractivity contribution in [1.82, 2.24) is 0 Å². The second-order valence-corrected chi connectivity index (χ2v) is 3.99. The number of hydrogen-bond acceptors (Lipinski definition) is 6. The minimum Gasteiger partial charge on any atom is -0.487 e. The van der Waals surface area contributed by atoms with Gasteiger partial charge in [0.15, 0.2) is 11.5 Å². The third-order valence-electron chi connectivity index (χ3n) is 2.67. The number of fused-ring (bicyclic) bond motifs is 1. The molecular weight excluding hydrogens is 260 g/mol. The van der Waals surface area contributed by atoms with Crippen molar-refractivity contribution >= 4 is 0 Å². The predicted molar refractivity (Wildman–Crippen MR) is 68.5 cm³/mol. The Morgan fingerprint density at radius 3 is 1.50 bits per heavy atom. The van der Waals surface area contributed by atoms with Gasteiger partial charge in [0.2, 0.25) is 0 Å². The molecule has 0 atom stereocenters. The van der Waals surface area contributed by atoms with E-state index in [-0.39, 0.29) is 11.1 Å². The van der Waals surface area contributed by atoms with Gasteiger partial charge in [-0.25, -0.2) is 0 Å². The van der Waals surface area contributed by atoms with E-state index in [1.165, 1.54) is 12.1 Å². The minimum absolute atomic E-state index is 0.263. The van der Waals surface area contributed by atoms with Crippen molar-refractivity contribution in [3.05, 3.63) is 23.3 Å². The molecular formula is C14H14N2O4. The maximum Gasteiger partial charge on any atom is 0.162 e. The van der Waals surface area contributed by atoms with Gasteiger partial charge < -0.3 is 18.9 Å². The fourth-order valence-corrected chi connectivity index (χ4v) is 1.71. The quantitative estimate of drug-likeness (QED) is 0.707. The van der Waals surface area contributed by atoms with Crippen molar-refractivity contribution in [3.8, 4) is 23.6 Å². The van der Waals surface area contributed by atoms with Crippen molar-refractivity contribution in [2.75, 3.05) is 39.6 Å². The van der Waals surface area contributed by atoms with E-state index in [1.54, 1.807) is 0 Å². The minimum atomic E-state index is 0.263. The zero-order valence-corrected chi connectivity index (χ0v) is 10.9. The summed E-state index contributed by atoms with van der Waals surface area (Å²) in [5.74, 6) is 0.870. The summed E-state index contributed by atoms with van der Waals surface area (Å²) in [7, 11) is 0. The molecule has 0 N–H and O–H groups in total. The molecule has 104 valence electrons. The summed E-state index contributed by atoms with van der Waals surface area (Å²) in [5.41, 5.74) is 0.526. The van der Waals surface area contributed by atoms with Crippen LogP contribution in [0, 0.1) is 22.7 Å². The Balaban J connectivity index is 2.25. The zero-order valence-electron chi connectivity index (χ0n) is 10.9. The van der Waals surface area contributed by atoms with Crippen LogP contribution in [-0.4, -0.2) is 39.6 Å². The first-order valence-electron chi connectivity index (χ1n) is 6.24. The molecule has 2 rings (SSSR count). The van der Waals surface area contributed by atoms with Gasteiger partial charge in [-0.2, -0.15) is 10.5 Å². The molecule has 0 fully saturated rings. The van der Waals surface area contributed by atoms with Crippen molar-refractivity contribution in [3.63, 3.8) is 0 Å². The molecule has 0 saturated carbocycles. The Bertz CT molecular complexity index is 496. The van der Waals surface area contributed by atoms with Crippen molar-refractivity contribution in [2.24, 2.45) is 0 Å². The fraction of sp³-hybridized carbons (Fsp3) is 0.429. The Labute approximate surface area is 117 Å². The molecule has 0 radical (unpaired) electrons. The monoisotopic (exact) mass is 274 g/mol. The molecule has 0 saturated heterocycles. The molecule has 1 aromatic rings. The van der Waals surface area contributed by atoms with Crippen LogP contribution in [0.5, 0.6) is 11.5 Å². The highest BCUT2D eigenvalue weighted by atomic mass is 16.6. The number of ether oxygens (including phenoxy) is 4. The molecule has 0 aliphatic carbocycles. The van der Waals surface area contributed by atoms with Crippen LogP contribution in [0.15, 0.2) is 12.1 Å². The molecule has 6 heteroatoms. The molecule has 1 aromatic carbocycles. The van der Waals surface area contributed by atoms with Gasteiger partial charge in [0, 0.05) is 12.1 Å². The third kappa shape index (κ3) is 3.61.